The van der Waals surface area contributed by atoms with Gasteiger partial charge in [-0.15, -0.1) is 0 Å². The molecule has 0 bridgehead atoms. The Bertz CT molecular complexity index is 883. The van der Waals surface area contributed by atoms with E-state index in [-0.39, 0.29) is 11.4 Å². The molecule has 1 heterocycles. The number of anilines is 1. The fourth-order valence-corrected chi connectivity index (χ4v) is 2.12. The van der Waals surface area contributed by atoms with Gasteiger partial charge >= 0.3 is 0 Å². The maximum absolute atomic E-state index is 12.2. The number of carbonyl (C=O) groups is 1. The molecule has 7 nitrogen and oxygen atoms in total. The highest BCUT2D eigenvalue weighted by molar-refractivity contribution is 6.04. The van der Waals surface area contributed by atoms with Gasteiger partial charge in [-0.25, -0.2) is 0 Å². The molecular formula is C16H12N2O5. The quantitative estimate of drug-likeness (QED) is 0.586. The summed E-state index contributed by atoms with van der Waals surface area (Å²) in [6, 6.07) is 12.4. The summed E-state index contributed by atoms with van der Waals surface area (Å²) in [5.41, 5.74) is 0.970. The number of fused-ring (bicyclic) bond motifs is 1. The number of nitro benzene ring substituents is 1. The summed E-state index contributed by atoms with van der Waals surface area (Å²) < 4.78 is 10.6. The fraction of sp³-hybridized carbons (Fsp3) is 0.0625. The lowest BCUT2D eigenvalue weighted by atomic mass is 10.2. The predicted octanol–water partition coefficient (Wildman–Crippen LogP) is 3.60. The summed E-state index contributed by atoms with van der Waals surface area (Å²) in [7, 11) is 1.56. The van der Waals surface area contributed by atoms with Crippen LogP contribution in [0, 0.1) is 10.1 Å². The maximum Gasteiger partial charge on any atom is 0.291 e. The summed E-state index contributed by atoms with van der Waals surface area (Å²) in [4.78, 5) is 22.3. The van der Waals surface area contributed by atoms with Gasteiger partial charge in [0.2, 0.25) is 0 Å². The first-order valence-electron chi connectivity index (χ1n) is 6.70. The Morgan fingerprint density at radius 1 is 1.17 bits per heavy atom. The molecule has 0 saturated carbocycles. The van der Waals surface area contributed by atoms with E-state index in [1.54, 1.807) is 31.4 Å². The number of rotatable bonds is 4. The number of methoxy groups -OCH3 is 1. The molecule has 0 fully saturated rings. The zero-order valence-corrected chi connectivity index (χ0v) is 12.1. The molecule has 2 aromatic carbocycles. The summed E-state index contributed by atoms with van der Waals surface area (Å²) in [5, 5.41) is 14.0. The number of hydrogen-bond acceptors (Lipinski definition) is 5. The van der Waals surface area contributed by atoms with Gasteiger partial charge in [0.15, 0.2) is 5.76 Å². The Labute approximate surface area is 130 Å². The number of amides is 1. The smallest absolute Gasteiger partial charge is 0.291 e. The van der Waals surface area contributed by atoms with Crippen LogP contribution in [0.3, 0.4) is 0 Å². The van der Waals surface area contributed by atoms with E-state index in [4.69, 9.17) is 9.15 Å². The van der Waals surface area contributed by atoms with Crippen molar-refractivity contribution < 1.29 is 18.9 Å². The molecule has 0 aliphatic heterocycles. The molecule has 0 saturated heterocycles. The Morgan fingerprint density at radius 2 is 1.91 bits per heavy atom. The topological polar surface area (TPSA) is 94.6 Å². The zero-order valence-electron chi connectivity index (χ0n) is 12.1. The molecule has 0 aliphatic carbocycles. The second-order valence-electron chi connectivity index (χ2n) is 4.77. The molecule has 0 radical (unpaired) electrons. The van der Waals surface area contributed by atoms with Crippen LogP contribution in [0.4, 0.5) is 11.4 Å². The largest absolute Gasteiger partial charge is 0.497 e. The molecule has 3 aromatic rings. The van der Waals surface area contributed by atoms with E-state index in [9.17, 15) is 14.9 Å². The van der Waals surface area contributed by atoms with Gasteiger partial charge in [-0.05, 0) is 36.4 Å². The molecule has 3 rings (SSSR count). The van der Waals surface area contributed by atoms with Crippen LogP contribution in [-0.2, 0) is 0 Å². The Balaban J connectivity index is 1.81. The van der Waals surface area contributed by atoms with E-state index in [1.165, 1.54) is 24.3 Å². The first-order valence-corrected chi connectivity index (χ1v) is 6.70. The van der Waals surface area contributed by atoms with Crippen LogP contribution < -0.4 is 10.1 Å². The van der Waals surface area contributed by atoms with E-state index >= 15 is 0 Å². The summed E-state index contributed by atoms with van der Waals surface area (Å²) in [5.74, 6) is 0.376. The van der Waals surface area contributed by atoms with Crippen molar-refractivity contribution in [2.24, 2.45) is 0 Å². The number of hydrogen-bond donors (Lipinski definition) is 1. The molecule has 1 aromatic heterocycles. The van der Waals surface area contributed by atoms with E-state index in [1.807, 2.05) is 0 Å². The van der Waals surface area contributed by atoms with Gasteiger partial charge in [0.05, 0.1) is 12.0 Å². The van der Waals surface area contributed by atoms with Gasteiger partial charge in [-0.2, -0.15) is 0 Å². The van der Waals surface area contributed by atoms with Crippen molar-refractivity contribution in [2.75, 3.05) is 12.4 Å². The Morgan fingerprint density at radius 3 is 2.57 bits per heavy atom. The average molecular weight is 312 g/mol. The van der Waals surface area contributed by atoms with Crippen molar-refractivity contribution >= 4 is 28.3 Å². The standard InChI is InChI=1S/C16H12N2O5/c1-22-13-6-7-14-10(8-13)9-15(23-14)16(19)17-11-2-4-12(5-3-11)18(20)21/h2-9H,1H3,(H,17,19). The number of carbonyl (C=O) groups excluding carboxylic acids is 1. The molecule has 0 atom stereocenters. The number of nitrogens with one attached hydrogen (secondary N) is 1. The first-order chi connectivity index (χ1) is 11.1. The van der Waals surface area contributed by atoms with Gasteiger partial charge in [-0.3, -0.25) is 14.9 Å². The molecule has 0 aliphatic rings. The third-order valence-corrected chi connectivity index (χ3v) is 3.28. The summed E-state index contributed by atoms with van der Waals surface area (Å²) >= 11 is 0. The number of benzene rings is 2. The Kier molecular flexibility index (Phi) is 3.68. The Hall–Kier alpha value is -3.35. The highest BCUT2D eigenvalue weighted by atomic mass is 16.6. The predicted molar refractivity (Wildman–Crippen MR) is 83.8 cm³/mol. The highest BCUT2D eigenvalue weighted by Crippen LogP contribution is 2.25. The summed E-state index contributed by atoms with van der Waals surface area (Å²) in [6.07, 6.45) is 0. The van der Waals surface area contributed by atoms with Crippen molar-refractivity contribution in [1.29, 1.82) is 0 Å². The van der Waals surface area contributed by atoms with E-state index < -0.39 is 10.8 Å². The monoisotopic (exact) mass is 312 g/mol. The lowest BCUT2D eigenvalue weighted by molar-refractivity contribution is -0.384. The number of non-ortho nitro benzene ring substituents is 1. The molecule has 7 heteroatoms. The summed E-state index contributed by atoms with van der Waals surface area (Å²) in [6.45, 7) is 0. The third-order valence-electron chi connectivity index (χ3n) is 3.28. The number of ether oxygens (including phenoxy) is 1. The van der Waals surface area contributed by atoms with Crippen molar-refractivity contribution in [3.8, 4) is 5.75 Å². The second-order valence-corrected chi connectivity index (χ2v) is 4.77. The molecule has 0 unspecified atom stereocenters. The van der Waals surface area contributed by atoms with Gasteiger partial charge in [-0.1, -0.05) is 0 Å². The minimum Gasteiger partial charge on any atom is -0.497 e. The van der Waals surface area contributed by atoms with Crippen LogP contribution in [0.1, 0.15) is 10.6 Å². The van der Waals surface area contributed by atoms with Crippen LogP contribution in [0.15, 0.2) is 52.9 Å². The normalized spacial score (nSPS) is 10.5. The van der Waals surface area contributed by atoms with Crippen LogP contribution >= 0.6 is 0 Å². The molecule has 1 amide bonds. The van der Waals surface area contributed by atoms with Crippen LogP contribution in [0.25, 0.3) is 11.0 Å². The number of nitro groups is 1. The number of nitrogens with zero attached hydrogens (tertiary/aromatic N) is 1. The van der Waals surface area contributed by atoms with E-state index in [2.05, 4.69) is 5.32 Å². The second kappa shape index (κ2) is 5.80. The molecule has 23 heavy (non-hydrogen) atoms. The number of furan rings is 1. The van der Waals surface area contributed by atoms with Gasteiger partial charge < -0.3 is 14.5 Å². The molecule has 0 spiro atoms. The molecule has 1 N–H and O–H groups in total. The van der Waals surface area contributed by atoms with Crippen molar-refractivity contribution in [1.82, 2.24) is 0 Å². The maximum atomic E-state index is 12.2. The van der Waals surface area contributed by atoms with Crippen molar-refractivity contribution in [3.63, 3.8) is 0 Å². The van der Waals surface area contributed by atoms with Crippen molar-refractivity contribution in [2.45, 2.75) is 0 Å². The fourth-order valence-electron chi connectivity index (χ4n) is 2.12. The van der Waals surface area contributed by atoms with Gasteiger partial charge in [0.25, 0.3) is 11.6 Å². The van der Waals surface area contributed by atoms with E-state index in [0.29, 0.717) is 17.0 Å². The van der Waals surface area contributed by atoms with Crippen LogP contribution in [-0.4, -0.2) is 17.9 Å². The van der Waals surface area contributed by atoms with Gasteiger partial charge in [0.1, 0.15) is 11.3 Å². The SMILES string of the molecule is COc1ccc2oc(C(=O)Nc3ccc([N+](=O)[O-])cc3)cc2c1. The lowest BCUT2D eigenvalue weighted by Gasteiger charge is -2.02. The lowest BCUT2D eigenvalue weighted by Crippen LogP contribution is -2.10. The van der Waals surface area contributed by atoms with Crippen LogP contribution in [0.2, 0.25) is 0 Å². The zero-order chi connectivity index (χ0) is 16.4. The average Bonchev–Trinajstić information content (AvgIpc) is 2.98. The first kappa shape index (κ1) is 14.6. The minimum atomic E-state index is -0.502. The van der Waals surface area contributed by atoms with Gasteiger partial charge in [0, 0.05) is 23.2 Å². The highest BCUT2D eigenvalue weighted by Gasteiger charge is 2.13. The van der Waals surface area contributed by atoms with Crippen molar-refractivity contribution in [3.05, 3.63) is 64.4 Å². The third kappa shape index (κ3) is 2.98. The molecule has 116 valence electrons. The minimum absolute atomic E-state index is 0.0427. The van der Waals surface area contributed by atoms with Crippen LogP contribution in [0.5, 0.6) is 5.75 Å². The molecular weight excluding hydrogens is 300 g/mol. The van der Waals surface area contributed by atoms with E-state index in [0.717, 1.165) is 5.39 Å².